The third kappa shape index (κ3) is 11.5. The molecule has 0 aliphatic carbocycles. The van der Waals surface area contributed by atoms with Gasteiger partial charge in [-0.15, -0.1) is 12.3 Å². The number of unbranched alkanes of at least 4 members (excludes halogenated alkanes) is 5. The smallest absolute Gasteiger partial charge is 0.0588 e. The standard InChI is InChI=1S/C11H21NO/c1-2-3-4-5-6-7-8-10-13-11-9-12/h1H,3-12H2. The Morgan fingerprint density at radius 1 is 1.00 bits per heavy atom. The van der Waals surface area contributed by atoms with E-state index in [9.17, 15) is 0 Å². The Morgan fingerprint density at radius 3 is 2.38 bits per heavy atom. The monoisotopic (exact) mass is 183 g/mol. The van der Waals surface area contributed by atoms with Crippen molar-refractivity contribution in [2.24, 2.45) is 5.73 Å². The van der Waals surface area contributed by atoms with Crippen LogP contribution in [0.3, 0.4) is 0 Å². The highest BCUT2D eigenvalue weighted by molar-refractivity contribution is 4.82. The van der Waals surface area contributed by atoms with Crippen LogP contribution >= 0.6 is 0 Å². The van der Waals surface area contributed by atoms with E-state index in [0.717, 1.165) is 19.4 Å². The molecular weight excluding hydrogens is 162 g/mol. The Kier molecular flexibility index (Phi) is 11.0. The highest BCUT2D eigenvalue weighted by Crippen LogP contribution is 2.04. The number of rotatable bonds is 9. The third-order valence-electron chi connectivity index (χ3n) is 1.87. The molecule has 0 saturated carbocycles. The van der Waals surface area contributed by atoms with Crippen molar-refractivity contribution < 1.29 is 4.74 Å². The van der Waals surface area contributed by atoms with Crippen molar-refractivity contribution in [2.45, 2.75) is 38.5 Å². The summed E-state index contributed by atoms with van der Waals surface area (Å²) in [5.74, 6) is 2.65. The molecule has 0 aliphatic rings. The van der Waals surface area contributed by atoms with Gasteiger partial charge in [-0.2, -0.15) is 0 Å². The second kappa shape index (κ2) is 11.5. The maximum Gasteiger partial charge on any atom is 0.0588 e. The summed E-state index contributed by atoms with van der Waals surface area (Å²) >= 11 is 0. The van der Waals surface area contributed by atoms with Crippen molar-refractivity contribution in [1.82, 2.24) is 0 Å². The maximum atomic E-state index is 5.28. The Morgan fingerprint density at radius 2 is 1.69 bits per heavy atom. The molecule has 76 valence electrons. The van der Waals surface area contributed by atoms with Crippen LogP contribution in [0.25, 0.3) is 0 Å². The first-order chi connectivity index (χ1) is 6.41. The summed E-state index contributed by atoms with van der Waals surface area (Å²) in [6, 6.07) is 0. The van der Waals surface area contributed by atoms with E-state index in [1.54, 1.807) is 0 Å². The van der Waals surface area contributed by atoms with Gasteiger partial charge in [0.2, 0.25) is 0 Å². The van der Waals surface area contributed by atoms with Crippen molar-refractivity contribution in [2.75, 3.05) is 19.8 Å². The number of ether oxygens (including phenoxy) is 1. The molecule has 0 saturated heterocycles. The normalized spacial score (nSPS) is 9.85. The summed E-state index contributed by atoms with van der Waals surface area (Å²) < 4.78 is 5.25. The van der Waals surface area contributed by atoms with Crippen molar-refractivity contribution in [1.29, 1.82) is 0 Å². The summed E-state index contributed by atoms with van der Waals surface area (Å²) in [4.78, 5) is 0. The minimum Gasteiger partial charge on any atom is -0.380 e. The van der Waals surface area contributed by atoms with Gasteiger partial charge in [0.05, 0.1) is 6.61 Å². The highest BCUT2D eigenvalue weighted by Gasteiger charge is 1.90. The molecule has 0 bridgehead atoms. The zero-order chi connectivity index (χ0) is 9.78. The molecule has 0 rings (SSSR count). The summed E-state index contributed by atoms with van der Waals surface area (Å²) in [7, 11) is 0. The molecular formula is C11H21NO. The van der Waals surface area contributed by atoms with Gasteiger partial charge in [0.25, 0.3) is 0 Å². The van der Waals surface area contributed by atoms with Crippen molar-refractivity contribution in [3.63, 3.8) is 0 Å². The zero-order valence-corrected chi connectivity index (χ0v) is 8.43. The van der Waals surface area contributed by atoms with E-state index in [0.29, 0.717) is 13.2 Å². The van der Waals surface area contributed by atoms with E-state index in [1.807, 2.05) is 0 Å². The van der Waals surface area contributed by atoms with E-state index in [1.165, 1.54) is 25.7 Å². The van der Waals surface area contributed by atoms with Gasteiger partial charge in [0.1, 0.15) is 0 Å². The minimum absolute atomic E-state index is 0.627. The molecule has 0 spiro atoms. The quantitative estimate of drug-likeness (QED) is 0.438. The summed E-state index contributed by atoms with van der Waals surface area (Å²) in [5.41, 5.74) is 5.28. The molecule has 0 amide bonds. The van der Waals surface area contributed by atoms with E-state index in [4.69, 9.17) is 16.9 Å². The van der Waals surface area contributed by atoms with Crippen LogP contribution in [-0.4, -0.2) is 19.8 Å². The van der Waals surface area contributed by atoms with Gasteiger partial charge < -0.3 is 10.5 Å². The lowest BCUT2D eigenvalue weighted by molar-refractivity contribution is 0.137. The van der Waals surface area contributed by atoms with E-state index in [-0.39, 0.29) is 0 Å². The lowest BCUT2D eigenvalue weighted by Crippen LogP contribution is -2.08. The van der Waals surface area contributed by atoms with Crippen LogP contribution in [0.15, 0.2) is 0 Å². The van der Waals surface area contributed by atoms with Gasteiger partial charge in [-0.25, -0.2) is 0 Å². The molecule has 13 heavy (non-hydrogen) atoms. The Labute approximate surface area is 81.8 Å². The molecule has 0 heterocycles. The Hall–Kier alpha value is -0.520. The molecule has 2 heteroatoms. The molecule has 0 radical (unpaired) electrons. The number of terminal acetylenes is 1. The van der Waals surface area contributed by atoms with E-state index in [2.05, 4.69) is 5.92 Å². The van der Waals surface area contributed by atoms with Gasteiger partial charge in [-0.05, 0) is 12.8 Å². The second-order valence-electron chi connectivity index (χ2n) is 3.12. The van der Waals surface area contributed by atoms with Crippen LogP contribution in [-0.2, 0) is 4.74 Å². The van der Waals surface area contributed by atoms with Crippen LogP contribution in [0.2, 0.25) is 0 Å². The first-order valence-electron chi connectivity index (χ1n) is 5.13. The topological polar surface area (TPSA) is 35.2 Å². The van der Waals surface area contributed by atoms with Crippen LogP contribution in [0.4, 0.5) is 0 Å². The summed E-state index contributed by atoms with van der Waals surface area (Å²) in [5, 5.41) is 0. The number of hydrogen-bond acceptors (Lipinski definition) is 2. The molecule has 0 aromatic heterocycles. The molecule has 0 fully saturated rings. The van der Waals surface area contributed by atoms with Gasteiger partial charge in [-0.3, -0.25) is 0 Å². The second-order valence-corrected chi connectivity index (χ2v) is 3.12. The molecule has 0 aromatic carbocycles. The SMILES string of the molecule is C#CCCCCCCCOCCN. The van der Waals surface area contributed by atoms with Crippen molar-refractivity contribution in [3.8, 4) is 12.3 Å². The van der Waals surface area contributed by atoms with E-state index < -0.39 is 0 Å². The summed E-state index contributed by atoms with van der Waals surface area (Å²) in [6.45, 7) is 2.17. The number of hydrogen-bond donors (Lipinski definition) is 1. The Balaban J connectivity index is 2.80. The molecule has 0 atom stereocenters. The molecule has 0 aromatic rings. The van der Waals surface area contributed by atoms with Gasteiger partial charge in [-0.1, -0.05) is 19.3 Å². The molecule has 2 nitrogen and oxygen atoms in total. The molecule has 2 N–H and O–H groups in total. The fourth-order valence-electron chi connectivity index (χ4n) is 1.15. The largest absolute Gasteiger partial charge is 0.380 e. The molecule has 0 unspecified atom stereocenters. The average Bonchev–Trinajstić information content (AvgIpc) is 2.16. The maximum absolute atomic E-state index is 5.28. The highest BCUT2D eigenvalue weighted by atomic mass is 16.5. The van der Waals surface area contributed by atoms with Crippen LogP contribution in [0.1, 0.15) is 38.5 Å². The first kappa shape index (κ1) is 12.5. The Bertz CT molecular complexity index is 129. The van der Waals surface area contributed by atoms with Gasteiger partial charge >= 0.3 is 0 Å². The third-order valence-corrected chi connectivity index (χ3v) is 1.87. The predicted molar refractivity (Wildman–Crippen MR) is 56.4 cm³/mol. The minimum atomic E-state index is 0.627. The van der Waals surface area contributed by atoms with Crippen LogP contribution < -0.4 is 5.73 Å². The fourth-order valence-corrected chi connectivity index (χ4v) is 1.15. The first-order valence-corrected chi connectivity index (χ1v) is 5.13. The predicted octanol–water partition coefficient (Wildman–Crippen LogP) is 1.94. The van der Waals surface area contributed by atoms with Gasteiger partial charge in [0.15, 0.2) is 0 Å². The van der Waals surface area contributed by atoms with Crippen molar-refractivity contribution >= 4 is 0 Å². The zero-order valence-electron chi connectivity index (χ0n) is 8.43. The fraction of sp³-hybridized carbons (Fsp3) is 0.818. The van der Waals surface area contributed by atoms with E-state index >= 15 is 0 Å². The van der Waals surface area contributed by atoms with Crippen LogP contribution in [0, 0.1) is 12.3 Å². The van der Waals surface area contributed by atoms with Crippen LogP contribution in [0.5, 0.6) is 0 Å². The van der Waals surface area contributed by atoms with Gasteiger partial charge in [0, 0.05) is 19.6 Å². The van der Waals surface area contributed by atoms with Crippen molar-refractivity contribution in [3.05, 3.63) is 0 Å². The molecule has 0 aliphatic heterocycles. The lowest BCUT2D eigenvalue weighted by atomic mass is 10.1. The number of nitrogens with two attached hydrogens (primary N) is 1. The lowest BCUT2D eigenvalue weighted by Gasteiger charge is -2.01. The summed E-state index contributed by atoms with van der Waals surface area (Å²) in [6.07, 6.45) is 12.1. The average molecular weight is 183 g/mol.